The van der Waals surface area contributed by atoms with E-state index in [4.69, 9.17) is 0 Å². The van der Waals surface area contributed by atoms with Crippen LogP contribution in [0.2, 0.25) is 0 Å². The first kappa shape index (κ1) is 12.5. The largest absolute Gasteiger partial charge is 0.367 e. The standard InChI is InChI=1S/C15H21N3O/c19-15(17-11-5-2-1-3-6-11)13-7-4-8-14(18-13)16-12-9-10-12/h4,7-8,11-12H,1-3,5-6,9-10H2,(H,16,18)(H,17,19). The van der Waals surface area contributed by atoms with E-state index in [0.717, 1.165) is 18.7 Å². The molecule has 2 N–H and O–H groups in total. The molecule has 0 unspecified atom stereocenters. The third-order valence-electron chi connectivity index (χ3n) is 3.85. The van der Waals surface area contributed by atoms with Crippen LogP contribution in [0.15, 0.2) is 18.2 Å². The maximum Gasteiger partial charge on any atom is 0.270 e. The van der Waals surface area contributed by atoms with Crippen LogP contribution in [0, 0.1) is 0 Å². The fourth-order valence-corrected chi connectivity index (χ4v) is 2.58. The van der Waals surface area contributed by atoms with Crippen LogP contribution in [-0.2, 0) is 0 Å². The minimum absolute atomic E-state index is 0.0358. The van der Waals surface area contributed by atoms with Crippen molar-refractivity contribution in [2.24, 2.45) is 0 Å². The third-order valence-corrected chi connectivity index (χ3v) is 3.85. The molecule has 0 spiro atoms. The Kier molecular flexibility index (Phi) is 3.67. The highest BCUT2D eigenvalue weighted by molar-refractivity contribution is 5.92. The Morgan fingerprint density at radius 3 is 2.58 bits per heavy atom. The second kappa shape index (κ2) is 5.59. The molecule has 2 aliphatic carbocycles. The molecule has 1 heterocycles. The Morgan fingerprint density at radius 1 is 1.05 bits per heavy atom. The zero-order valence-electron chi connectivity index (χ0n) is 11.2. The number of carbonyl (C=O) groups is 1. The van der Waals surface area contributed by atoms with E-state index < -0.39 is 0 Å². The summed E-state index contributed by atoms with van der Waals surface area (Å²) in [4.78, 5) is 16.6. The molecule has 0 radical (unpaired) electrons. The summed E-state index contributed by atoms with van der Waals surface area (Å²) < 4.78 is 0. The Balaban J connectivity index is 1.61. The fourth-order valence-electron chi connectivity index (χ4n) is 2.58. The van der Waals surface area contributed by atoms with E-state index in [1.807, 2.05) is 12.1 Å². The molecular weight excluding hydrogens is 238 g/mol. The van der Waals surface area contributed by atoms with Gasteiger partial charge in [-0.2, -0.15) is 0 Å². The smallest absolute Gasteiger partial charge is 0.270 e. The van der Waals surface area contributed by atoms with Gasteiger partial charge in [0.15, 0.2) is 0 Å². The lowest BCUT2D eigenvalue weighted by molar-refractivity contribution is 0.0923. The first-order valence-electron chi connectivity index (χ1n) is 7.36. The van der Waals surface area contributed by atoms with Crippen molar-refractivity contribution in [1.82, 2.24) is 10.3 Å². The molecule has 0 atom stereocenters. The molecule has 1 amide bonds. The summed E-state index contributed by atoms with van der Waals surface area (Å²) in [6.07, 6.45) is 8.37. The van der Waals surface area contributed by atoms with Gasteiger partial charge in [-0.05, 0) is 37.8 Å². The highest BCUT2D eigenvalue weighted by Crippen LogP contribution is 2.23. The van der Waals surface area contributed by atoms with Gasteiger partial charge in [0.25, 0.3) is 5.91 Å². The minimum Gasteiger partial charge on any atom is -0.367 e. The highest BCUT2D eigenvalue weighted by Gasteiger charge is 2.22. The van der Waals surface area contributed by atoms with Crippen LogP contribution >= 0.6 is 0 Å². The van der Waals surface area contributed by atoms with Gasteiger partial charge in [0, 0.05) is 12.1 Å². The van der Waals surface area contributed by atoms with Crippen LogP contribution in [0.25, 0.3) is 0 Å². The lowest BCUT2D eigenvalue weighted by atomic mass is 9.95. The summed E-state index contributed by atoms with van der Waals surface area (Å²) in [6.45, 7) is 0. The molecule has 102 valence electrons. The number of rotatable bonds is 4. The number of pyridine rings is 1. The lowest BCUT2D eigenvalue weighted by Crippen LogP contribution is -2.36. The maximum atomic E-state index is 12.2. The number of hydrogen-bond donors (Lipinski definition) is 2. The normalized spacial score (nSPS) is 20.0. The zero-order chi connectivity index (χ0) is 13.1. The predicted molar refractivity (Wildman–Crippen MR) is 75.2 cm³/mol. The molecule has 0 aromatic carbocycles. The number of hydrogen-bond acceptors (Lipinski definition) is 3. The first-order valence-corrected chi connectivity index (χ1v) is 7.36. The number of aromatic nitrogens is 1. The molecule has 0 aliphatic heterocycles. The van der Waals surface area contributed by atoms with Crippen molar-refractivity contribution < 1.29 is 4.79 Å². The summed E-state index contributed by atoms with van der Waals surface area (Å²) >= 11 is 0. The first-order chi connectivity index (χ1) is 9.31. The quantitative estimate of drug-likeness (QED) is 0.874. The summed E-state index contributed by atoms with van der Waals surface area (Å²) in [7, 11) is 0. The second-order valence-electron chi connectivity index (χ2n) is 5.64. The van der Waals surface area contributed by atoms with Crippen LogP contribution in [0.1, 0.15) is 55.4 Å². The van der Waals surface area contributed by atoms with E-state index in [0.29, 0.717) is 17.8 Å². The van der Waals surface area contributed by atoms with E-state index >= 15 is 0 Å². The topological polar surface area (TPSA) is 54.0 Å². The van der Waals surface area contributed by atoms with Gasteiger partial charge < -0.3 is 10.6 Å². The third kappa shape index (κ3) is 3.46. The molecule has 2 saturated carbocycles. The minimum atomic E-state index is -0.0358. The zero-order valence-corrected chi connectivity index (χ0v) is 11.2. The summed E-state index contributed by atoms with van der Waals surface area (Å²) in [5, 5.41) is 6.43. The van der Waals surface area contributed by atoms with Crippen molar-refractivity contribution in [3.8, 4) is 0 Å². The van der Waals surface area contributed by atoms with Crippen LogP contribution in [0.3, 0.4) is 0 Å². The van der Waals surface area contributed by atoms with Crippen molar-refractivity contribution in [2.45, 2.75) is 57.0 Å². The SMILES string of the molecule is O=C(NC1CCCCC1)c1cccc(NC2CC2)n1. The van der Waals surface area contributed by atoms with Gasteiger partial charge in [-0.1, -0.05) is 25.3 Å². The predicted octanol–water partition coefficient (Wildman–Crippen LogP) is 2.72. The number of carbonyl (C=O) groups excluding carboxylic acids is 1. The molecule has 1 aromatic heterocycles. The van der Waals surface area contributed by atoms with Crippen LogP contribution < -0.4 is 10.6 Å². The van der Waals surface area contributed by atoms with Crippen LogP contribution in [0.5, 0.6) is 0 Å². The molecular formula is C15H21N3O. The lowest BCUT2D eigenvalue weighted by Gasteiger charge is -2.22. The van der Waals surface area contributed by atoms with Gasteiger partial charge in [-0.3, -0.25) is 4.79 Å². The highest BCUT2D eigenvalue weighted by atomic mass is 16.1. The van der Waals surface area contributed by atoms with E-state index in [-0.39, 0.29) is 5.91 Å². The van der Waals surface area contributed by atoms with Crippen molar-refractivity contribution in [1.29, 1.82) is 0 Å². The van der Waals surface area contributed by atoms with Gasteiger partial charge in [0.05, 0.1) is 0 Å². The van der Waals surface area contributed by atoms with Crippen LogP contribution in [-0.4, -0.2) is 23.0 Å². The van der Waals surface area contributed by atoms with Gasteiger partial charge in [-0.15, -0.1) is 0 Å². The average molecular weight is 259 g/mol. The van der Waals surface area contributed by atoms with Crippen molar-refractivity contribution in [3.05, 3.63) is 23.9 Å². The molecule has 1 aromatic rings. The van der Waals surface area contributed by atoms with Crippen molar-refractivity contribution in [3.63, 3.8) is 0 Å². The monoisotopic (exact) mass is 259 g/mol. The fraction of sp³-hybridized carbons (Fsp3) is 0.600. The van der Waals surface area contributed by atoms with E-state index in [1.54, 1.807) is 6.07 Å². The number of anilines is 1. The summed E-state index contributed by atoms with van der Waals surface area (Å²) in [6, 6.07) is 6.51. The molecule has 0 bridgehead atoms. The Labute approximate surface area is 114 Å². The number of nitrogens with zero attached hydrogens (tertiary/aromatic N) is 1. The molecule has 0 saturated heterocycles. The summed E-state index contributed by atoms with van der Waals surface area (Å²) in [5.74, 6) is 0.783. The van der Waals surface area contributed by atoms with Gasteiger partial charge in [0.1, 0.15) is 11.5 Å². The van der Waals surface area contributed by atoms with Crippen molar-refractivity contribution in [2.75, 3.05) is 5.32 Å². The Bertz CT molecular complexity index is 450. The van der Waals surface area contributed by atoms with Gasteiger partial charge in [0.2, 0.25) is 0 Å². The Morgan fingerprint density at radius 2 is 1.84 bits per heavy atom. The molecule has 19 heavy (non-hydrogen) atoms. The molecule has 2 fully saturated rings. The van der Waals surface area contributed by atoms with Gasteiger partial charge in [-0.25, -0.2) is 4.98 Å². The maximum absolute atomic E-state index is 12.2. The van der Waals surface area contributed by atoms with Crippen LogP contribution in [0.4, 0.5) is 5.82 Å². The van der Waals surface area contributed by atoms with Gasteiger partial charge >= 0.3 is 0 Å². The molecule has 3 rings (SSSR count). The molecule has 2 aliphatic rings. The molecule has 4 nitrogen and oxygen atoms in total. The molecule has 4 heteroatoms. The van der Waals surface area contributed by atoms with Crippen molar-refractivity contribution >= 4 is 11.7 Å². The second-order valence-corrected chi connectivity index (χ2v) is 5.64. The van der Waals surface area contributed by atoms with E-state index in [1.165, 1.54) is 32.1 Å². The van der Waals surface area contributed by atoms with E-state index in [9.17, 15) is 4.79 Å². The number of amides is 1. The summed E-state index contributed by atoms with van der Waals surface area (Å²) in [5.41, 5.74) is 0.524. The number of nitrogens with one attached hydrogen (secondary N) is 2. The average Bonchev–Trinajstić information content (AvgIpc) is 3.24. The Hall–Kier alpha value is -1.58. The van der Waals surface area contributed by atoms with E-state index in [2.05, 4.69) is 15.6 Å².